The molecule has 2 heterocycles. The normalized spacial score (nSPS) is 14.5. The van der Waals surface area contributed by atoms with Gasteiger partial charge in [-0.15, -0.1) is 11.3 Å². The van der Waals surface area contributed by atoms with Crippen molar-refractivity contribution >= 4 is 40.2 Å². The van der Waals surface area contributed by atoms with Crippen molar-refractivity contribution in [1.82, 2.24) is 0 Å². The third kappa shape index (κ3) is 2.61. The van der Waals surface area contributed by atoms with E-state index >= 15 is 0 Å². The molecule has 0 aliphatic carbocycles. The molecule has 1 aliphatic heterocycles. The minimum Gasteiger partial charge on any atom is -0.454 e. The molecule has 19 heavy (non-hydrogen) atoms. The zero-order chi connectivity index (χ0) is 13.4. The van der Waals surface area contributed by atoms with Gasteiger partial charge in [-0.3, -0.25) is 0 Å². The van der Waals surface area contributed by atoms with Gasteiger partial charge in [0.15, 0.2) is 11.5 Å². The van der Waals surface area contributed by atoms with Crippen LogP contribution in [0.4, 0.5) is 5.69 Å². The largest absolute Gasteiger partial charge is 0.454 e. The third-order valence-corrected chi connectivity index (χ3v) is 4.34. The van der Waals surface area contributed by atoms with Crippen molar-refractivity contribution in [3.63, 3.8) is 0 Å². The lowest BCUT2D eigenvalue weighted by Gasteiger charge is -2.15. The molecule has 3 nitrogen and oxygen atoms in total. The van der Waals surface area contributed by atoms with Crippen molar-refractivity contribution in [2.75, 3.05) is 12.1 Å². The van der Waals surface area contributed by atoms with Crippen LogP contribution in [0.2, 0.25) is 9.36 Å². The quantitative estimate of drug-likeness (QED) is 0.868. The average Bonchev–Trinajstić information content (AvgIpc) is 2.98. The number of fused-ring (bicyclic) bond motifs is 1. The fourth-order valence-corrected chi connectivity index (χ4v) is 3.09. The molecule has 1 atom stereocenters. The van der Waals surface area contributed by atoms with Crippen LogP contribution >= 0.6 is 34.5 Å². The molecule has 1 N–H and O–H groups in total. The van der Waals surface area contributed by atoms with E-state index in [1.54, 1.807) is 6.07 Å². The molecule has 0 saturated heterocycles. The summed E-state index contributed by atoms with van der Waals surface area (Å²) in [7, 11) is 0. The van der Waals surface area contributed by atoms with Gasteiger partial charge in [-0.05, 0) is 23.9 Å². The van der Waals surface area contributed by atoms with Crippen LogP contribution in [-0.4, -0.2) is 6.79 Å². The Morgan fingerprint density at radius 3 is 2.63 bits per heavy atom. The zero-order valence-electron chi connectivity index (χ0n) is 10.1. The molecular formula is C13H11Cl2NO2S. The first kappa shape index (κ1) is 12.9. The van der Waals surface area contributed by atoms with E-state index in [0.29, 0.717) is 16.5 Å². The number of hydrogen-bond donors (Lipinski definition) is 1. The Kier molecular flexibility index (Phi) is 3.48. The van der Waals surface area contributed by atoms with Crippen LogP contribution in [0.1, 0.15) is 18.5 Å². The number of benzene rings is 1. The standard InChI is InChI=1S/C13H11Cl2NO2S/c1-7(8-2-13(15)19-5-8)16-10-4-12-11(3-9(10)14)17-6-18-12/h2-5,7,16H,6H2,1H3. The summed E-state index contributed by atoms with van der Waals surface area (Å²) >= 11 is 13.7. The summed E-state index contributed by atoms with van der Waals surface area (Å²) < 4.78 is 11.4. The molecule has 0 radical (unpaired) electrons. The highest BCUT2D eigenvalue weighted by molar-refractivity contribution is 7.14. The van der Waals surface area contributed by atoms with Crippen molar-refractivity contribution in [3.05, 3.63) is 38.5 Å². The van der Waals surface area contributed by atoms with Crippen LogP contribution in [0.5, 0.6) is 11.5 Å². The monoisotopic (exact) mass is 315 g/mol. The van der Waals surface area contributed by atoms with Gasteiger partial charge in [0, 0.05) is 18.2 Å². The molecule has 3 rings (SSSR count). The third-order valence-electron chi connectivity index (χ3n) is 2.92. The minimum atomic E-state index is 0.113. The van der Waals surface area contributed by atoms with E-state index in [-0.39, 0.29) is 12.8 Å². The van der Waals surface area contributed by atoms with Crippen molar-refractivity contribution in [2.45, 2.75) is 13.0 Å². The van der Waals surface area contributed by atoms with Crippen LogP contribution in [0, 0.1) is 0 Å². The van der Waals surface area contributed by atoms with Crippen LogP contribution in [0.3, 0.4) is 0 Å². The Labute approximate surface area is 125 Å². The number of nitrogens with one attached hydrogen (secondary N) is 1. The molecule has 0 bridgehead atoms. The van der Waals surface area contributed by atoms with Gasteiger partial charge in [0.25, 0.3) is 0 Å². The molecule has 0 saturated carbocycles. The van der Waals surface area contributed by atoms with Crippen molar-refractivity contribution in [2.24, 2.45) is 0 Å². The lowest BCUT2D eigenvalue weighted by molar-refractivity contribution is 0.174. The van der Waals surface area contributed by atoms with E-state index in [1.807, 2.05) is 17.5 Å². The first-order chi connectivity index (χ1) is 9.13. The molecule has 1 aromatic heterocycles. The van der Waals surface area contributed by atoms with Crippen molar-refractivity contribution < 1.29 is 9.47 Å². The number of thiophene rings is 1. The molecule has 0 fully saturated rings. The lowest BCUT2D eigenvalue weighted by Crippen LogP contribution is -2.05. The second kappa shape index (κ2) is 5.12. The molecular weight excluding hydrogens is 305 g/mol. The molecule has 0 amide bonds. The van der Waals surface area contributed by atoms with Crippen molar-refractivity contribution in [3.8, 4) is 11.5 Å². The zero-order valence-corrected chi connectivity index (χ0v) is 12.4. The summed E-state index contributed by atoms with van der Waals surface area (Å²) in [5, 5.41) is 5.99. The SMILES string of the molecule is CC(Nc1cc2c(cc1Cl)OCO2)c1csc(Cl)c1. The highest BCUT2D eigenvalue weighted by Gasteiger charge is 2.18. The summed E-state index contributed by atoms with van der Waals surface area (Å²) in [5.41, 5.74) is 1.95. The topological polar surface area (TPSA) is 30.5 Å². The Morgan fingerprint density at radius 2 is 1.95 bits per heavy atom. The predicted octanol–water partition coefficient (Wildman–Crippen LogP) is 4.96. The van der Waals surface area contributed by atoms with Gasteiger partial charge in [0.1, 0.15) is 0 Å². The summed E-state index contributed by atoms with van der Waals surface area (Å²) in [6, 6.07) is 5.68. The maximum atomic E-state index is 6.22. The first-order valence-corrected chi connectivity index (χ1v) is 7.36. The Balaban J connectivity index is 1.83. The Bertz CT molecular complexity index is 615. The molecule has 1 unspecified atom stereocenters. The average molecular weight is 316 g/mol. The van der Waals surface area contributed by atoms with Gasteiger partial charge >= 0.3 is 0 Å². The van der Waals surface area contributed by atoms with E-state index in [4.69, 9.17) is 32.7 Å². The second-order valence-electron chi connectivity index (χ2n) is 4.24. The van der Waals surface area contributed by atoms with Gasteiger partial charge < -0.3 is 14.8 Å². The summed E-state index contributed by atoms with van der Waals surface area (Å²) in [6.07, 6.45) is 0. The number of ether oxygens (including phenoxy) is 2. The molecule has 100 valence electrons. The van der Waals surface area contributed by atoms with Crippen LogP contribution in [0.15, 0.2) is 23.6 Å². The van der Waals surface area contributed by atoms with Gasteiger partial charge in [-0.2, -0.15) is 0 Å². The van der Waals surface area contributed by atoms with Gasteiger partial charge in [-0.1, -0.05) is 23.2 Å². The van der Waals surface area contributed by atoms with E-state index in [2.05, 4.69) is 12.2 Å². The van der Waals surface area contributed by atoms with Crippen LogP contribution in [-0.2, 0) is 0 Å². The molecule has 6 heteroatoms. The molecule has 1 aliphatic rings. The maximum absolute atomic E-state index is 6.22. The van der Waals surface area contributed by atoms with Gasteiger partial charge in [-0.25, -0.2) is 0 Å². The van der Waals surface area contributed by atoms with E-state index < -0.39 is 0 Å². The Hall–Kier alpha value is -1.10. The molecule has 1 aromatic carbocycles. The van der Waals surface area contributed by atoms with E-state index in [9.17, 15) is 0 Å². The van der Waals surface area contributed by atoms with Gasteiger partial charge in [0.2, 0.25) is 6.79 Å². The fraction of sp³-hybridized carbons (Fsp3) is 0.231. The lowest BCUT2D eigenvalue weighted by atomic mass is 10.1. The highest BCUT2D eigenvalue weighted by Crippen LogP contribution is 2.40. The van der Waals surface area contributed by atoms with Gasteiger partial charge in [0.05, 0.1) is 15.0 Å². The van der Waals surface area contributed by atoms with E-state index in [1.165, 1.54) is 11.3 Å². The highest BCUT2D eigenvalue weighted by atomic mass is 35.5. The second-order valence-corrected chi connectivity index (χ2v) is 6.19. The summed E-state index contributed by atoms with van der Waals surface area (Å²) in [5.74, 6) is 1.39. The number of halogens is 2. The number of anilines is 1. The van der Waals surface area contributed by atoms with Crippen LogP contribution in [0.25, 0.3) is 0 Å². The Morgan fingerprint density at radius 1 is 1.21 bits per heavy atom. The number of hydrogen-bond acceptors (Lipinski definition) is 4. The molecule has 2 aromatic rings. The number of rotatable bonds is 3. The predicted molar refractivity (Wildman–Crippen MR) is 78.9 cm³/mol. The molecule has 0 spiro atoms. The first-order valence-electron chi connectivity index (χ1n) is 5.73. The van der Waals surface area contributed by atoms with Crippen LogP contribution < -0.4 is 14.8 Å². The van der Waals surface area contributed by atoms with Crippen molar-refractivity contribution in [1.29, 1.82) is 0 Å². The van der Waals surface area contributed by atoms with E-state index in [0.717, 1.165) is 15.6 Å². The fourth-order valence-electron chi connectivity index (χ4n) is 1.89. The smallest absolute Gasteiger partial charge is 0.231 e. The minimum absolute atomic E-state index is 0.113. The maximum Gasteiger partial charge on any atom is 0.231 e. The summed E-state index contributed by atoms with van der Waals surface area (Å²) in [4.78, 5) is 0. The summed E-state index contributed by atoms with van der Waals surface area (Å²) in [6.45, 7) is 2.30.